The molecule has 9 nitrogen and oxygen atoms in total. The number of alkyl halides is 3. The SMILES string of the molecule is O=C1C[C@@H](C(=O)N[C@H]2C[C@H]3O[C@@H]2C[C@@H]3c2nnc([C@H]3C[C@@H](OC(F)(F)F)C3)o2)Oc2ccc(Cl)cc21. The van der Waals surface area contributed by atoms with Gasteiger partial charge in [-0.2, -0.15) is 0 Å². The van der Waals surface area contributed by atoms with Crippen LogP contribution in [0.25, 0.3) is 0 Å². The number of Topliss-reactive ketones (excluding diaryl/α,β-unsaturated/α-hetero) is 1. The predicted molar refractivity (Wildman–Crippen MR) is 115 cm³/mol. The Balaban J connectivity index is 1.02. The van der Waals surface area contributed by atoms with Crippen LogP contribution in [0.4, 0.5) is 13.2 Å². The van der Waals surface area contributed by atoms with Crippen molar-refractivity contribution >= 4 is 23.3 Å². The van der Waals surface area contributed by atoms with E-state index in [1.807, 2.05) is 0 Å². The molecule has 0 spiro atoms. The van der Waals surface area contributed by atoms with Crippen molar-refractivity contribution in [2.45, 2.75) is 80.8 Å². The van der Waals surface area contributed by atoms with Crippen LogP contribution >= 0.6 is 11.6 Å². The van der Waals surface area contributed by atoms with E-state index in [9.17, 15) is 22.8 Å². The lowest BCUT2D eigenvalue weighted by molar-refractivity contribution is -0.352. The van der Waals surface area contributed by atoms with Crippen LogP contribution in [0.3, 0.4) is 0 Å². The smallest absolute Gasteiger partial charge is 0.479 e. The lowest BCUT2D eigenvalue weighted by Crippen LogP contribution is -2.49. The normalized spacial score (nSPS) is 33.1. The Morgan fingerprint density at radius 1 is 1.11 bits per heavy atom. The monoisotopic (exact) mass is 527 g/mol. The Morgan fingerprint density at radius 2 is 1.89 bits per heavy atom. The van der Waals surface area contributed by atoms with Gasteiger partial charge in [0.15, 0.2) is 11.9 Å². The maximum absolute atomic E-state index is 12.8. The van der Waals surface area contributed by atoms with Gasteiger partial charge in [-0.05, 0) is 43.9 Å². The van der Waals surface area contributed by atoms with E-state index in [2.05, 4.69) is 20.3 Å². The molecule has 3 aliphatic heterocycles. The maximum Gasteiger partial charge on any atom is 0.522 e. The van der Waals surface area contributed by atoms with Crippen LogP contribution in [-0.2, 0) is 14.3 Å². The first-order valence-electron chi connectivity index (χ1n) is 11.7. The average molecular weight is 528 g/mol. The number of nitrogens with one attached hydrogen (secondary N) is 1. The zero-order valence-corrected chi connectivity index (χ0v) is 19.4. The minimum absolute atomic E-state index is 0.0791. The van der Waals surface area contributed by atoms with Gasteiger partial charge in [0, 0.05) is 10.9 Å². The van der Waals surface area contributed by atoms with Crippen molar-refractivity contribution in [3.63, 3.8) is 0 Å². The second-order valence-corrected chi connectivity index (χ2v) is 10.0. The summed E-state index contributed by atoms with van der Waals surface area (Å²) in [5.74, 6) is 0.00933. The van der Waals surface area contributed by atoms with Crippen molar-refractivity contribution in [2.75, 3.05) is 0 Å². The van der Waals surface area contributed by atoms with Gasteiger partial charge in [-0.3, -0.25) is 14.3 Å². The predicted octanol–water partition coefficient (Wildman–Crippen LogP) is 3.67. The molecule has 1 N–H and O–H groups in total. The van der Waals surface area contributed by atoms with E-state index in [0.717, 1.165) is 0 Å². The molecule has 5 atom stereocenters. The van der Waals surface area contributed by atoms with E-state index in [0.29, 0.717) is 41.0 Å². The number of fused-ring (bicyclic) bond motifs is 3. The molecule has 0 radical (unpaired) electrons. The third kappa shape index (κ3) is 4.46. The number of hydrogen-bond acceptors (Lipinski definition) is 8. The largest absolute Gasteiger partial charge is 0.522 e. The molecule has 2 aromatic rings. The van der Waals surface area contributed by atoms with Gasteiger partial charge < -0.3 is 19.2 Å². The first-order valence-corrected chi connectivity index (χ1v) is 12.0. The number of carbonyl (C=O) groups excluding carboxylic acids is 2. The first kappa shape index (κ1) is 23.7. The highest BCUT2D eigenvalue weighted by atomic mass is 35.5. The van der Waals surface area contributed by atoms with Gasteiger partial charge in [0.1, 0.15) is 5.75 Å². The van der Waals surface area contributed by atoms with Crippen LogP contribution in [0.5, 0.6) is 5.75 Å². The fourth-order valence-electron chi connectivity index (χ4n) is 5.40. The summed E-state index contributed by atoms with van der Waals surface area (Å²) < 4.78 is 58.5. The van der Waals surface area contributed by atoms with E-state index < -0.39 is 18.6 Å². The van der Waals surface area contributed by atoms with Gasteiger partial charge in [-0.1, -0.05) is 11.6 Å². The van der Waals surface area contributed by atoms with E-state index in [-0.39, 0.29) is 61.0 Å². The number of halogens is 4. The van der Waals surface area contributed by atoms with Crippen molar-refractivity contribution in [3.05, 3.63) is 40.6 Å². The lowest BCUT2D eigenvalue weighted by Gasteiger charge is -2.32. The minimum atomic E-state index is -4.65. The lowest BCUT2D eigenvalue weighted by atomic mass is 9.82. The second-order valence-electron chi connectivity index (χ2n) is 9.61. The summed E-state index contributed by atoms with van der Waals surface area (Å²) in [7, 11) is 0. The minimum Gasteiger partial charge on any atom is -0.479 e. The molecule has 1 aliphatic carbocycles. The fourth-order valence-corrected chi connectivity index (χ4v) is 5.57. The summed E-state index contributed by atoms with van der Waals surface area (Å²) in [6, 6.07) is 4.45. The molecule has 1 aromatic heterocycles. The number of nitrogens with zero attached hydrogens (tertiary/aromatic N) is 2. The summed E-state index contributed by atoms with van der Waals surface area (Å²) in [4.78, 5) is 25.3. The molecule has 1 amide bonds. The Labute approximate surface area is 207 Å². The van der Waals surface area contributed by atoms with E-state index >= 15 is 0 Å². The van der Waals surface area contributed by atoms with E-state index in [4.69, 9.17) is 25.5 Å². The molecule has 1 saturated carbocycles. The molecule has 192 valence electrons. The van der Waals surface area contributed by atoms with Crippen molar-refractivity contribution in [1.82, 2.24) is 15.5 Å². The highest BCUT2D eigenvalue weighted by molar-refractivity contribution is 6.31. The molecule has 6 rings (SSSR count). The van der Waals surface area contributed by atoms with E-state index in [1.54, 1.807) is 12.1 Å². The van der Waals surface area contributed by atoms with Crippen LogP contribution in [0, 0.1) is 0 Å². The number of rotatable bonds is 5. The molecule has 2 saturated heterocycles. The third-order valence-electron chi connectivity index (χ3n) is 7.24. The van der Waals surface area contributed by atoms with E-state index in [1.165, 1.54) is 6.07 Å². The van der Waals surface area contributed by atoms with Crippen molar-refractivity contribution in [1.29, 1.82) is 0 Å². The van der Waals surface area contributed by atoms with Gasteiger partial charge in [0.25, 0.3) is 5.91 Å². The van der Waals surface area contributed by atoms with Gasteiger partial charge >= 0.3 is 6.36 Å². The van der Waals surface area contributed by atoms with Gasteiger partial charge in [-0.15, -0.1) is 23.4 Å². The molecule has 4 aliphatic rings. The molecule has 3 fully saturated rings. The standard InChI is InChI=1S/C23H21ClF3N3O6/c24-10-1-2-16-12(5-10)15(31)8-19(33-16)20(32)28-14-7-17-13(6-18(14)34-17)22-30-29-21(35-22)9-3-11(4-9)36-23(25,26)27/h1-2,5,9,11,13-14,17-19H,3-4,6-8H2,(H,28,32)/t9-,11+,13-,14-,17+,18+,19-/m0/s1. The van der Waals surface area contributed by atoms with Gasteiger partial charge in [0.2, 0.25) is 11.8 Å². The maximum atomic E-state index is 12.8. The summed E-state index contributed by atoms with van der Waals surface area (Å²) in [6.45, 7) is 0. The molecular formula is C23H21ClF3N3O6. The topological polar surface area (TPSA) is 113 Å². The number of hydrogen-bond donors (Lipinski definition) is 1. The van der Waals surface area contributed by atoms with Crippen LogP contribution < -0.4 is 10.1 Å². The zero-order chi connectivity index (χ0) is 25.2. The van der Waals surface area contributed by atoms with Crippen molar-refractivity contribution < 1.29 is 41.4 Å². The average Bonchev–Trinajstić information content (AvgIpc) is 3.51. The Kier molecular flexibility index (Phi) is 5.73. The number of amides is 1. The van der Waals surface area contributed by atoms with Gasteiger partial charge in [-0.25, -0.2) is 0 Å². The van der Waals surface area contributed by atoms with Crippen LogP contribution in [0.15, 0.2) is 22.6 Å². The molecule has 0 unspecified atom stereocenters. The second kappa shape index (κ2) is 8.70. The van der Waals surface area contributed by atoms with Crippen LogP contribution in [-0.4, -0.2) is 58.7 Å². The van der Waals surface area contributed by atoms with Crippen LogP contribution in [0.2, 0.25) is 5.02 Å². The number of benzene rings is 1. The molecular weight excluding hydrogens is 507 g/mol. The van der Waals surface area contributed by atoms with Crippen LogP contribution in [0.1, 0.15) is 66.1 Å². The van der Waals surface area contributed by atoms with Gasteiger partial charge in [0.05, 0.1) is 42.3 Å². The quantitative estimate of drug-likeness (QED) is 0.627. The number of ether oxygens (including phenoxy) is 3. The Morgan fingerprint density at radius 3 is 2.61 bits per heavy atom. The summed E-state index contributed by atoms with van der Waals surface area (Å²) >= 11 is 5.94. The molecule has 13 heteroatoms. The Bertz CT molecular complexity index is 1200. The summed E-state index contributed by atoms with van der Waals surface area (Å²) in [5, 5.41) is 11.5. The third-order valence-corrected chi connectivity index (χ3v) is 7.47. The van der Waals surface area contributed by atoms with Crippen molar-refractivity contribution in [2.24, 2.45) is 0 Å². The number of ketones is 1. The summed E-state index contributed by atoms with van der Waals surface area (Å²) in [6.07, 6.45) is -5.65. The van der Waals surface area contributed by atoms with Crippen molar-refractivity contribution in [3.8, 4) is 5.75 Å². The summed E-state index contributed by atoms with van der Waals surface area (Å²) in [5.41, 5.74) is 0.363. The highest BCUT2D eigenvalue weighted by Crippen LogP contribution is 2.46. The molecule has 36 heavy (non-hydrogen) atoms. The zero-order valence-electron chi connectivity index (χ0n) is 18.7. The Hall–Kier alpha value is -2.70. The number of aromatic nitrogens is 2. The fraction of sp³-hybridized carbons (Fsp3) is 0.565. The molecule has 1 aromatic carbocycles. The first-order chi connectivity index (χ1) is 17.1. The molecule has 4 heterocycles. The molecule has 2 bridgehead atoms. The number of carbonyl (C=O) groups is 2. The highest BCUT2D eigenvalue weighted by Gasteiger charge is 2.51.